The average Bonchev–Trinajstić information content (AvgIpc) is 3.37. The van der Waals surface area contributed by atoms with Crippen LogP contribution in [0.3, 0.4) is 0 Å². The number of hydrogen-bond donors (Lipinski definition) is 0. The summed E-state index contributed by atoms with van der Waals surface area (Å²) in [6.45, 7) is 2.86. The maximum Gasteiger partial charge on any atom is 0.231 e. The lowest BCUT2D eigenvalue weighted by atomic mass is 10.0. The highest BCUT2D eigenvalue weighted by Crippen LogP contribution is 2.42. The lowest BCUT2D eigenvalue weighted by molar-refractivity contribution is 0.0274. The summed E-state index contributed by atoms with van der Waals surface area (Å²) in [5.41, 5.74) is 2.40. The fraction of sp³-hybridized carbons (Fsp3) is 0.348. The number of Topliss-reactive ketones (excluding diaryl/α,β-unsaturated/α-hetero) is 1. The Kier molecular flexibility index (Phi) is 4.73. The summed E-state index contributed by atoms with van der Waals surface area (Å²) in [5.74, 6) is 2.39. The lowest BCUT2D eigenvalue weighted by Gasteiger charge is -2.31. The minimum atomic E-state index is -0.102. The molecule has 29 heavy (non-hydrogen) atoms. The van der Waals surface area contributed by atoms with Gasteiger partial charge in [0.1, 0.15) is 24.0 Å². The second-order valence-electron chi connectivity index (χ2n) is 7.55. The number of methoxy groups -OCH3 is 1. The normalized spacial score (nSPS) is 22.2. The fourth-order valence-corrected chi connectivity index (χ4v) is 4.05. The number of fused-ring (bicyclic) bond motifs is 3. The Morgan fingerprint density at radius 1 is 1.21 bits per heavy atom. The first-order chi connectivity index (χ1) is 14.2. The van der Waals surface area contributed by atoms with Crippen LogP contribution in [0, 0.1) is 0 Å². The molecular formula is C23H23NO5. The molecule has 0 aliphatic carbocycles. The highest BCUT2D eigenvalue weighted by atomic mass is 16.5. The number of rotatable bonds is 4. The van der Waals surface area contributed by atoms with Gasteiger partial charge in [0.2, 0.25) is 5.78 Å². The molecule has 0 spiro atoms. The van der Waals surface area contributed by atoms with Crippen molar-refractivity contribution in [2.24, 2.45) is 0 Å². The van der Waals surface area contributed by atoms with Gasteiger partial charge < -0.3 is 18.9 Å². The van der Waals surface area contributed by atoms with E-state index >= 15 is 0 Å². The number of ether oxygens (including phenoxy) is 4. The van der Waals surface area contributed by atoms with Crippen molar-refractivity contribution >= 4 is 11.9 Å². The van der Waals surface area contributed by atoms with E-state index in [-0.39, 0.29) is 11.9 Å². The van der Waals surface area contributed by atoms with E-state index in [4.69, 9.17) is 18.9 Å². The monoisotopic (exact) mass is 393 g/mol. The van der Waals surface area contributed by atoms with Gasteiger partial charge in [0.15, 0.2) is 5.76 Å². The van der Waals surface area contributed by atoms with Gasteiger partial charge in [-0.25, -0.2) is 0 Å². The molecule has 3 aliphatic rings. The molecule has 6 nitrogen and oxygen atoms in total. The number of allylic oxidation sites excluding steroid dienone is 1. The van der Waals surface area contributed by atoms with E-state index in [1.165, 1.54) is 0 Å². The van der Waals surface area contributed by atoms with Crippen LogP contribution in [-0.4, -0.2) is 43.8 Å². The van der Waals surface area contributed by atoms with Crippen molar-refractivity contribution in [3.05, 3.63) is 58.8 Å². The van der Waals surface area contributed by atoms with Crippen LogP contribution in [-0.2, 0) is 11.3 Å². The standard InChI is InChI=1S/C23H23NO5/c1-26-16-6-4-15(5-7-16)11-21-22(25)18-8-9-20-19(23(18)29-21)13-24(14-28-20)12-17-3-2-10-27-17/h4-9,11,17H,2-3,10,12-14H2,1H3/b21-11-. The van der Waals surface area contributed by atoms with Gasteiger partial charge in [-0.05, 0) is 48.7 Å². The first-order valence-corrected chi connectivity index (χ1v) is 9.92. The van der Waals surface area contributed by atoms with Crippen molar-refractivity contribution in [3.8, 4) is 17.2 Å². The molecule has 1 saturated heterocycles. The molecule has 150 valence electrons. The molecule has 3 aliphatic heterocycles. The zero-order chi connectivity index (χ0) is 19.8. The van der Waals surface area contributed by atoms with Crippen LogP contribution in [0.1, 0.15) is 34.3 Å². The van der Waals surface area contributed by atoms with E-state index in [9.17, 15) is 4.79 Å². The minimum Gasteiger partial charge on any atom is -0.497 e. The van der Waals surface area contributed by atoms with E-state index in [1.54, 1.807) is 19.3 Å². The third-order valence-electron chi connectivity index (χ3n) is 5.58. The maximum atomic E-state index is 12.9. The summed E-state index contributed by atoms with van der Waals surface area (Å²) >= 11 is 0. The molecule has 0 radical (unpaired) electrons. The maximum absolute atomic E-state index is 12.9. The van der Waals surface area contributed by atoms with Gasteiger partial charge in [0.25, 0.3) is 0 Å². The second-order valence-corrected chi connectivity index (χ2v) is 7.55. The quantitative estimate of drug-likeness (QED) is 0.740. The van der Waals surface area contributed by atoms with Crippen molar-refractivity contribution < 1.29 is 23.7 Å². The number of hydrogen-bond acceptors (Lipinski definition) is 6. The molecule has 6 heteroatoms. The molecule has 1 unspecified atom stereocenters. The highest BCUT2D eigenvalue weighted by molar-refractivity contribution is 6.15. The molecule has 3 heterocycles. The molecular weight excluding hydrogens is 370 g/mol. The van der Waals surface area contributed by atoms with Crippen LogP contribution >= 0.6 is 0 Å². The molecule has 0 N–H and O–H groups in total. The van der Waals surface area contributed by atoms with Crippen LogP contribution in [0.2, 0.25) is 0 Å². The summed E-state index contributed by atoms with van der Waals surface area (Å²) in [4.78, 5) is 15.1. The van der Waals surface area contributed by atoms with Gasteiger partial charge in [0, 0.05) is 19.7 Å². The summed E-state index contributed by atoms with van der Waals surface area (Å²) in [5, 5.41) is 0. The van der Waals surface area contributed by atoms with Crippen molar-refractivity contribution in [1.82, 2.24) is 4.90 Å². The third kappa shape index (κ3) is 3.50. The van der Waals surface area contributed by atoms with Gasteiger partial charge >= 0.3 is 0 Å². The smallest absolute Gasteiger partial charge is 0.231 e. The Hall–Kier alpha value is -2.83. The Labute approximate surface area is 169 Å². The molecule has 2 aromatic carbocycles. The van der Waals surface area contributed by atoms with Gasteiger partial charge in [-0.1, -0.05) is 12.1 Å². The summed E-state index contributed by atoms with van der Waals surface area (Å²) in [6.07, 6.45) is 4.22. The van der Waals surface area contributed by atoms with Crippen LogP contribution in [0.15, 0.2) is 42.2 Å². The molecule has 0 bridgehead atoms. The largest absolute Gasteiger partial charge is 0.497 e. The van der Waals surface area contributed by atoms with Crippen molar-refractivity contribution in [2.45, 2.75) is 25.5 Å². The fourth-order valence-electron chi connectivity index (χ4n) is 4.05. The second kappa shape index (κ2) is 7.54. The molecule has 1 fully saturated rings. The van der Waals surface area contributed by atoms with Crippen LogP contribution in [0.5, 0.6) is 17.2 Å². The van der Waals surface area contributed by atoms with Crippen molar-refractivity contribution in [1.29, 1.82) is 0 Å². The number of nitrogens with zero attached hydrogens (tertiary/aromatic N) is 1. The van der Waals surface area contributed by atoms with Crippen molar-refractivity contribution in [2.75, 3.05) is 27.0 Å². The summed E-state index contributed by atoms with van der Waals surface area (Å²) in [7, 11) is 1.63. The molecule has 2 aromatic rings. The summed E-state index contributed by atoms with van der Waals surface area (Å²) in [6, 6.07) is 11.2. The molecule has 0 aromatic heterocycles. The van der Waals surface area contributed by atoms with Gasteiger partial charge in [-0.15, -0.1) is 0 Å². The number of carbonyl (C=O) groups excluding carboxylic acids is 1. The third-order valence-corrected chi connectivity index (χ3v) is 5.58. The van der Waals surface area contributed by atoms with E-state index < -0.39 is 0 Å². The molecule has 0 amide bonds. The first kappa shape index (κ1) is 18.2. The number of benzene rings is 2. The highest BCUT2D eigenvalue weighted by Gasteiger charge is 2.34. The van der Waals surface area contributed by atoms with Crippen LogP contribution < -0.4 is 14.2 Å². The summed E-state index contributed by atoms with van der Waals surface area (Å²) < 4.78 is 22.9. The van der Waals surface area contributed by atoms with E-state index in [2.05, 4.69) is 4.90 Å². The first-order valence-electron chi connectivity index (χ1n) is 9.92. The van der Waals surface area contributed by atoms with Crippen LogP contribution in [0.25, 0.3) is 6.08 Å². The SMILES string of the molecule is COc1ccc(/C=C2\Oc3c(ccc4c3CN(CC3CCCO3)CO4)C2=O)cc1. The predicted octanol–water partition coefficient (Wildman–Crippen LogP) is 3.64. The van der Waals surface area contributed by atoms with Gasteiger partial charge in [-0.2, -0.15) is 0 Å². The molecule has 5 rings (SSSR count). The van der Waals surface area contributed by atoms with E-state index in [0.29, 0.717) is 30.3 Å². The van der Waals surface area contributed by atoms with Crippen LogP contribution in [0.4, 0.5) is 0 Å². The Balaban J connectivity index is 1.39. The minimum absolute atomic E-state index is 0.102. The van der Waals surface area contributed by atoms with Gasteiger partial charge in [-0.3, -0.25) is 9.69 Å². The zero-order valence-corrected chi connectivity index (χ0v) is 16.3. The Bertz CT molecular complexity index is 960. The topological polar surface area (TPSA) is 57.2 Å². The number of ketones is 1. The number of carbonyl (C=O) groups is 1. The average molecular weight is 393 g/mol. The Morgan fingerprint density at radius 3 is 2.83 bits per heavy atom. The lowest BCUT2D eigenvalue weighted by Crippen LogP contribution is -2.37. The van der Waals surface area contributed by atoms with E-state index in [1.807, 2.05) is 30.3 Å². The van der Waals surface area contributed by atoms with Gasteiger partial charge in [0.05, 0.1) is 24.3 Å². The van der Waals surface area contributed by atoms with E-state index in [0.717, 1.165) is 48.6 Å². The van der Waals surface area contributed by atoms with Crippen molar-refractivity contribution in [3.63, 3.8) is 0 Å². The molecule has 0 saturated carbocycles. The zero-order valence-electron chi connectivity index (χ0n) is 16.3. The predicted molar refractivity (Wildman–Crippen MR) is 107 cm³/mol. The Morgan fingerprint density at radius 2 is 2.07 bits per heavy atom. The molecule has 1 atom stereocenters.